The van der Waals surface area contributed by atoms with E-state index in [1.54, 1.807) is 11.3 Å². The van der Waals surface area contributed by atoms with Crippen molar-refractivity contribution in [3.05, 3.63) is 52.2 Å². The maximum absolute atomic E-state index is 13.5. The molecule has 2 heterocycles. The van der Waals surface area contributed by atoms with Gasteiger partial charge in [0.25, 0.3) is 0 Å². The van der Waals surface area contributed by atoms with Crippen molar-refractivity contribution in [2.24, 2.45) is 5.92 Å². The molecule has 1 saturated carbocycles. The van der Waals surface area contributed by atoms with Crippen molar-refractivity contribution in [3.8, 4) is 18.1 Å². The first kappa shape index (κ1) is 23.8. The van der Waals surface area contributed by atoms with Gasteiger partial charge in [-0.25, -0.2) is 0 Å². The van der Waals surface area contributed by atoms with Gasteiger partial charge in [-0.1, -0.05) is 24.1 Å². The van der Waals surface area contributed by atoms with Crippen molar-refractivity contribution in [1.29, 1.82) is 0 Å². The summed E-state index contributed by atoms with van der Waals surface area (Å²) in [6.07, 6.45) is 7.77. The number of ether oxygens (including phenoxy) is 2. The van der Waals surface area contributed by atoms with E-state index in [0.29, 0.717) is 25.6 Å². The zero-order chi connectivity index (χ0) is 23.0. The monoisotopic (exact) mass is 468 g/mol. The number of aliphatic hydroxyl groups excluding tert-OH is 1. The fraction of sp³-hybridized carbons (Fsp3) is 0.500. The minimum absolute atomic E-state index is 0.0749. The Balaban J connectivity index is 1.41. The highest BCUT2D eigenvalue weighted by atomic mass is 32.1. The predicted octanol–water partition coefficient (Wildman–Crippen LogP) is 2.98. The summed E-state index contributed by atoms with van der Waals surface area (Å²) in [4.78, 5) is 18.9. The molecule has 1 N–H and O–H groups in total. The number of benzene rings is 1. The van der Waals surface area contributed by atoms with Crippen molar-refractivity contribution >= 4 is 17.2 Å². The molecular weight excluding hydrogens is 436 g/mol. The smallest absolute Gasteiger partial charge is 0.237 e. The molecule has 2 aliphatic rings. The molecule has 0 unspecified atom stereocenters. The molecule has 1 amide bonds. The van der Waals surface area contributed by atoms with Crippen LogP contribution in [0, 0.1) is 18.3 Å². The van der Waals surface area contributed by atoms with Gasteiger partial charge in [-0.05, 0) is 54.3 Å². The second-order valence-corrected chi connectivity index (χ2v) is 9.79. The van der Waals surface area contributed by atoms with Crippen LogP contribution in [-0.2, 0) is 16.0 Å². The van der Waals surface area contributed by atoms with Crippen LogP contribution in [0.25, 0.3) is 0 Å². The molecule has 0 radical (unpaired) electrons. The lowest BCUT2D eigenvalue weighted by Crippen LogP contribution is -2.48. The Morgan fingerprint density at radius 2 is 2.12 bits per heavy atom. The summed E-state index contributed by atoms with van der Waals surface area (Å²) in [6, 6.07) is 11.7. The summed E-state index contributed by atoms with van der Waals surface area (Å²) in [7, 11) is 0. The molecule has 0 bridgehead atoms. The van der Waals surface area contributed by atoms with Gasteiger partial charge in [0.2, 0.25) is 5.91 Å². The summed E-state index contributed by atoms with van der Waals surface area (Å²) in [5, 5.41) is 12.5. The number of para-hydroxylation sites is 1. The van der Waals surface area contributed by atoms with Crippen LogP contribution in [0.2, 0.25) is 0 Å². The summed E-state index contributed by atoms with van der Waals surface area (Å²) in [6.45, 7) is 2.96. The zero-order valence-electron chi connectivity index (χ0n) is 18.9. The van der Waals surface area contributed by atoms with Crippen LogP contribution in [-0.4, -0.2) is 72.9 Å². The predicted molar refractivity (Wildman–Crippen MR) is 129 cm³/mol. The highest BCUT2D eigenvalue weighted by Gasteiger charge is 2.34. The Labute approximate surface area is 200 Å². The van der Waals surface area contributed by atoms with Crippen LogP contribution in [0.5, 0.6) is 5.75 Å². The largest absolute Gasteiger partial charge is 0.491 e. The lowest BCUT2D eigenvalue weighted by atomic mass is 10.0. The first-order valence-corrected chi connectivity index (χ1v) is 12.5. The fourth-order valence-corrected chi connectivity index (χ4v) is 5.25. The number of aliphatic hydroxyl groups is 1. The van der Waals surface area contributed by atoms with Crippen LogP contribution in [0.4, 0.5) is 0 Å². The van der Waals surface area contributed by atoms with Crippen LogP contribution in [0.15, 0.2) is 41.8 Å². The fourth-order valence-electron chi connectivity index (χ4n) is 4.32. The topological polar surface area (TPSA) is 62.2 Å². The molecular formula is C26H32N2O4S. The first-order valence-electron chi connectivity index (χ1n) is 11.6. The molecule has 6 nitrogen and oxygen atoms in total. The quantitative estimate of drug-likeness (QED) is 0.383. The molecule has 1 aromatic carbocycles. The Kier molecular flexibility index (Phi) is 8.40. The molecule has 2 aromatic rings. The standard InChI is InChI=1S/C26H32N2O4S/c1-2-13-31-18-21(29)16-27(15-20-8-9-20)17-26(30)28-12-10-25-23(11-14-33-25)24(28)19-32-22-6-4-3-5-7-22/h1,3-7,11,14,20-21,24,29H,8-10,12-13,15-19H2/t21-,24+/m0/s1. The number of amides is 1. The van der Waals surface area contributed by atoms with Crippen molar-refractivity contribution < 1.29 is 19.4 Å². The molecule has 2 atom stereocenters. The van der Waals surface area contributed by atoms with E-state index >= 15 is 0 Å². The van der Waals surface area contributed by atoms with Crippen LogP contribution >= 0.6 is 11.3 Å². The Bertz CT molecular complexity index is 937. The SMILES string of the molecule is C#CCOC[C@@H](O)CN(CC(=O)N1CCc2sccc2[C@H]1COc1ccccc1)CC1CC1. The number of rotatable bonds is 12. The van der Waals surface area contributed by atoms with E-state index in [9.17, 15) is 9.90 Å². The van der Waals surface area contributed by atoms with Gasteiger partial charge in [-0.15, -0.1) is 17.8 Å². The number of carbonyl (C=O) groups excluding carboxylic acids is 1. The Hall–Kier alpha value is -2.37. The molecule has 33 heavy (non-hydrogen) atoms. The maximum Gasteiger partial charge on any atom is 0.237 e. The first-order chi connectivity index (χ1) is 16.1. The van der Waals surface area contributed by atoms with E-state index in [0.717, 1.165) is 18.7 Å². The average molecular weight is 469 g/mol. The number of hydrogen-bond acceptors (Lipinski definition) is 6. The number of thiophene rings is 1. The second-order valence-electron chi connectivity index (χ2n) is 8.79. The highest BCUT2D eigenvalue weighted by Crippen LogP contribution is 2.34. The Morgan fingerprint density at radius 1 is 1.30 bits per heavy atom. The average Bonchev–Trinajstić information content (AvgIpc) is 3.50. The van der Waals surface area contributed by atoms with Gasteiger partial charge < -0.3 is 19.5 Å². The minimum atomic E-state index is -0.674. The van der Waals surface area contributed by atoms with Gasteiger partial charge in [0, 0.05) is 24.5 Å². The normalized spacial score (nSPS) is 18.6. The summed E-state index contributed by atoms with van der Waals surface area (Å²) < 4.78 is 11.4. The second kappa shape index (κ2) is 11.7. The molecule has 1 aromatic heterocycles. The number of hydrogen-bond donors (Lipinski definition) is 1. The van der Waals surface area contributed by atoms with Crippen molar-refractivity contribution in [1.82, 2.24) is 9.80 Å². The zero-order valence-corrected chi connectivity index (χ0v) is 19.7. The minimum Gasteiger partial charge on any atom is -0.491 e. The lowest BCUT2D eigenvalue weighted by molar-refractivity contribution is -0.136. The number of terminal acetylenes is 1. The summed E-state index contributed by atoms with van der Waals surface area (Å²) in [5.41, 5.74) is 1.19. The number of nitrogens with zero attached hydrogens (tertiary/aromatic N) is 2. The molecule has 1 fully saturated rings. The van der Waals surface area contributed by atoms with Gasteiger partial charge >= 0.3 is 0 Å². The molecule has 1 aliphatic heterocycles. The Morgan fingerprint density at radius 3 is 2.88 bits per heavy atom. The molecule has 0 spiro atoms. The van der Waals surface area contributed by atoms with Crippen LogP contribution in [0.3, 0.4) is 0 Å². The van der Waals surface area contributed by atoms with Crippen molar-refractivity contribution in [3.63, 3.8) is 0 Å². The maximum atomic E-state index is 13.5. The van der Waals surface area contributed by atoms with Crippen molar-refractivity contribution in [2.75, 3.05) is 46.0 Å². The van der Waals surface area contributed by atoms with E-state index in [2.05, 4.69) is 22.3 Å². The third-order valence-electron chi connectivity index (χ3n) is 6.10. The van der Waals surface area contributed by atoms with E-state index in [1.165, 1.54) is 23.3 Å². The van der Waals surface area contributed by atoms with Gasteiger partial charge in [0.1, 0.15) is 19.0 Å². The number of carbonyl (C=O) groups is 1. The molecule has 1 aliphatic carbocycles. The van der Waals surface area contributed by atoms with E-state index in [1.807, 2.05) is 35.2 Å². The van der Waals surface area contributed by atoms with E-state index in [4.69, 9.17) is 15.9 Å². The third-order valence-corrected chi connectivity index (χ3v) is 7.10. The molecule has 176 valence electrons. The van der Waals surface area contributed by atoms with E-state index in [-0.39, 0.29) is 31.7 Å². The number of fused-ring (bicyclic) bond motifs is 1. The molecule has 4 rings (SSSR count). The molecule has 7 heteroatoms. The van der Waals surface area contributed by atoms with Crippen LogP contribution < -0.4 is 4.74 Å². The van der Waals surface area contributed by atoms with Gasteiger partial charge in [-0.3, -0.25) is 9.69 Å². The van der Waals surface area contributed by atoms with Gasteiger partial charge in [0.05, 0.1) is 25.3 Å². The lowest BCUT2D eigenvalue weighted by Gasteiger charge is -2.37. The summed E-state index contributed by atoms with van der Waals surface area (Å²) in [5.74, 6) is 3.90. The van der Waals surface area contributed by atoms with E-state index < -0.39 is 6.10 Å². The molecule has 0 saturated heterocycles. The highest BCUT2D eigenvalue weighted by molar-refractivity contribution is 7.10. The third kappa shape index (κ3) is 6.81. The van der Waals surface area contributed by atoms with Crippen molar-refractivity contribution in [2.45, 2.75) is 31.4 Å². The van der Waals surface area contributed by atoms with Gasteiger partial charge in [0.15, 0.2) is 0 Å². The van der Waals surface area contributed by atoms with Crippen LogP contribution in [0.1, 0.15) is 29.3 Å². The van der Waals surface area contributed by atoms with Gasteiger partial charge in [-0.2, -0.15) is 0 Å². The summed E-state index contributed by atoms with van der Waals surface area (Å²) >= 11 is 1.75.